The van der Waals surface area contributed by atoms with Crippen LogP contribution in [0, 0.1) is 0 Å². The van der Waals surface area contributed by atoms with Crippen LogP contribution in [0.25, 0.3) is 0 Å². The van der Waals surface area contributed by atoms with Crippen molar-refractivity contribution in [2.45, 2.75) is 57.3 Å². The fourth-order valence-corrected chi connectivity index (χ4v) is 3.07. The van der Waals surface area contributed by atoms with Crippen LogP contribution in [0.3, 0.4) is 0 Å². The summed E-state index contributed by atoms with van der Waals surface area (Å²) in [5.74, 6) is -1.21. The SMILES string of the molecule is CC(C)(C)OC(=O)N1C(=O)[C@@H](F)C[C@@H]2Oc3cc(C(F)(F)F)ccc3[C@@H]21. The number of alkyl halides is 4. The average molecular weight is 375 g/mol. The molecule has 3 rings (SSSR count). The molecule has 0 N–H and O–H groups in total. The summed E-state index contributed by atoms with van der Waals surface area (Å²) in [6, 6.07) is 1.75. The van der Waals surface area contributed by atoms with Crippen molar-refractivity contribution in [2.75, 3.05) is 0 Å². The lowest BCUT2D eigenvalue weighted by atomic mass is 9.93. The maximum Gasteiger partial charge on any atom is 0.417 e. The zero-order valence-electron chi connectivity index (χ0n) is 14.3. The first kappa shape index (κ1) is 18.5. The quantitative estimate of drug-likeness (QED) is 0.643. The van der Waals surface area contributed by atoms with Crippen molar-refractivity contribution < 1.29 is 36.6 Å². The third-order valence-corrected chi connectivity index (χ3v) is 4.10. The molecule has 0 aromatic heterocycles. The van der Waals surface area contributed by atoms with Gasteiger partial charge >= 0.3 is 12.3 Å². The van der Waals surface area contributed by atoms with Gasteiger partial charge in [0.25, 0.3) is 5.91 Å². The summed E-state index contributed by atoms with van der Waals surface area (Å²) in [5, 5.41) is 0. The Hall–Kier alpha value is -2.32. The highest BCUT2D eigenvalue weighted by atomic mass is 19.4. The fraction of sp³-hybridized carbons (Fsp3) is 0.529. The normalized spacial score (nSPS) is 25.4. The fourth-order valence-electron chi connectivity index (χ4n) is 3.07. The molecule has 0 bridgehead atoms. The topological polar surface area (TPSA) is 55.8 Å². The first-order valence-electron chi connectivity index (χ1n) is 7.96. The molecule has 3 atom stereocenters. The Morgan fingerprint density at radius 1 is 1.27 bits per heavy atom. The minimum Gasteiger partial charge on any atom is -0.487 e. The highest BCUT2D eigenvalue weighted by Crippen LogP contribution is 2.47. The minimum atomic E-state index is -4.57. The standard InChI is InChI=1S/C17H17F4NO4/c1-16(2,3)26-15(24)22-13-9-5-4-8(17(19,20)21)6-11(9)25-12(13)7-10(18)14(22)23/h4-6,10,12-13H,7H2,1-3H3/t10-,12-,13-/m0/s1. The van der Waals surface area contributed by atoms with E-state index in [0.29, 0.717) is 4.90 Å². The third-order valence-electron chi connectivity index (χ3n) is 4.10. The van der Waals surface area contributed by atoms with Crippen LogP contribution in [0.1, 0.15) is 44.4 Å². The van der Waals surface area contributed by atoms with Crippen LogP contribution in [0.15, 0.2) is 18.2 Å². The van der Waals surface area contributed by atoms with Gasteiger partial charge in [0.05, 0.1) is 5.56 Å². The van der Waals surface area contributed by atoms with Gasteiger partial charge in [-0.3, -0.25) is 4.79 Å². The molecule has 142 valence electrons. The van der Waals surface area contributed by atoms with E-state index in [2.05, 4.69) is 0 Å². The first-order valence-corrected chi connectivity index (χ1v) is 7.96. The van der Waals surface area contributed by atoms with Crippen molar-refractivity contribution in [2.24, 2.45) is 0 Å². The van der Waals surface area contributed by atoms with E-state index in [-0.39, 0.29) is 17.7 Å². The molecule has 0 unspecified atom stereocenters. The molecule has 1 fully saturated rings. The summed E-state index contributed by atoms with van der Waals surface area (Å²) >= 11 is 0. The molecular formula is C17H17F4NO4. The number of benzene rings is 1. The number of nitrogens with zero attached hydrogens (tertiary/aromatic N) is 1. The summed E-state index contributed by atoms with van der Waals surface area (Å²) in [7, 11) is 0. The number of amides is 2. The summed E-state index contributed by atoms with van der Waals surface area (Å²) in [6.45, 7) is 4.75. The molecule has 26 heavy (non-hydrogen) atoms. The van der Waals surface area contributed by atoms with Crippen molar-refractivity contribution in [3.8, 4) is 5.75 Å². The molecule has 1 aromatic rings. The van der Waals surface area contributed by atoms with E-state index in [1.165, 1.54) is 0 Å². The van der Waals surface area contributed by atoms with Gasteiger partial charge in [-0.15, -0.1) is 0 Å². The van der Waals surface area contributed by atoms with Gasteiger partial charge in [-0.1, -0.05) is 6.07 Å². The molecule has 2 aliphatic rings. The van der Waals surface area contributed by atoms with E-state index in [1.807, 2.05) is 0 Å². The molecule has 1 aromatic carbocycles. The molecular weight excluding hydrogens is 358 g/mol. The number of imide groups is 1. The van der Waals surface area contributed by atoms with Gasteiger partial charge in [0.15, 0.2) is 6.17 Å². The summed E-state index contributed by atoms with van der Waals surface area (Å²) in [4.78, 5) is 25.3. The summed E-state index contributed by atoms with van der Waals surface area (Å²) in [6.07, 6.45) is -8.95. The lowest BCUT2D eigenvalue weighted by Crippen LogP contribution is -2.54. The van der Waals surface area contributed by atoms with Crippen molar-refractivity contribution in [3.05, 3.63) is 29.3 Å². The van der Waals surface area contributed by atoms with E-state index >= 15 is 0 Å². The van der Waals surface area contributed by atoms with Gasteiger partial charge in [-0.25, -0.2) is 14.1 Å². The number of fused-ring (bicyclic) bond motifs is 3. The monoisotopic (exact) mass is 375 g/mol. The van der Waals surface area contributed by atoms with Gasteiger partial charge in [-0.2, -0.15) is 13.2 Å². The molecule has 2 amide bonds. The van der Waals surface area contributed by atoms with Crippen molar-refractivity contribution >= 4 is 12.0 Å². The lowest BCUT2D eigenvalue weighted by molar-refractivity contribution is -0.145. The van der Waals surface area contributed by atoms with Crippen LogP contribution in [0.4, 0.5) is 22.4 Å². The van der Waals surface area contributed by atoms with E-state index in [9.17, 15) is 27.2 Å². The Morgan fingerprint density at radius 3 is 2.50 bits per heavy atom. The minimum absolute atomic E-state index is 0.120. The molecule has 0 radical (unpaired) electrons. The summed E-state index contributed by atoms with van der Waals surface area (Å²) < 4.78 is 63.3. The third kappa shape index (κ3) is 3.22. The number of carbonyl (C=O) groups is 2. The van der Waals surface area contributed by atoms with Crippen LogP contribution in [0.2, 0.25) is 0 Å². The van der Waals surface area contributed by atoms with Crippen LogP contribution in [0.5, 0.6) is 5.75 Å². The zero-order chi connectivity index (χ0) is 19.4. The maximum absolute atomic E-state index is 14.1. The van der Waals surface area contributed by atoms with Crippen LogP contribution in [-0.4, -0.2) is 34.8 Å². The molecule has 1 saturated heterocycles. The smallest absolute Gasteiger partial charge is 0.417 e. The molecule has 2 aliphatic heterocycles. The average Bonchev–Trinajstić information content (AvgIpc) is 2.82. The molecule has 0 aliphatic carbocycles. The number of rotatable bonds is 0. The number of halogens is 4. The second-order valence-electron chi connectivity index (χ2n) is 7.24. The second-order valence-corrected chi connectivity index (χ2v) is 7.24. The Balaban J connectivity index is 2.00. The van der Waals surface area contributed by atoms with E-state index in [4.69, 9.17) is 9.47 Å². The van der Waals surface area contributed by atoms with Gasteiger partial charge in [0, 0.05) is 12.0 Å². The number of ether oxygens (including phenoxy) is 2. The van der Waals surface area contributed by atoms with Crippen LogP contribution >= 0.6 is 0 Å². The van der Waals surface area contributed by atoms with Crippen LogP contribution in [-0.2, 0) is 15.7 Å². The van der Waals surface area contributed by atoms with Crippen LogP contribution < -0.4 is 4.74 Å². The Bertz CT molecular complexity index is 756. The van der Waals surface area contributed by atoms with Gasteiger partial charge in [-0.05, 0) is 32.9 Å². The Labute approximate surface area is 146 Å². The summed E-state index contributed by atoms with van der Waals surface area (Å²) in [5.41, 5.74) is -1.64. The predicted octanol–water partition coefficient (Wildman–Crippen LogP) is 4.01. The first-order chi connectivity index (χ1) is 11.9. The number of piperidine rings is 1. The molecule has 5 nitrogen and oxygen atoms in total. The lowest BCUT2D eigenvalue weighted by Gasteiger charge is -2.37. The highest BCUT2D eigenvalue weighted by molar-refractivity contribution is 5.96. The highest BCUT2D eigenvalue weighted by Gasteiger charge is 2.52. The molecule has 2 heterocycles. The molecule has 0 saturated carbocycles. The van der Waals surface area contributed by atoms with Crippen molar-refractivity contribution in [1.29, 1.82) is 0 Å². The number of hydrogen-bond donors (Lipinski definition) is 0. The number of carbonyl (C=O) groups excluding carboxylic acids is 2. The van der Waals surface area contributed by atoms with Crippen molar-refractivity contribution in [3.63, 3.8) is 0 Å². The van der Waals surface area contributed by atoms with Gasteiger partial charge < -0.3 is 9.47 Å². The number of likely N-dealkylation sites (tertiary alicyclic amines) is 1. The van der Waals surface area contributed by atoms with E-state index < -0.39 is 47.7 Å². The van der Waals surface area contributed by atoms with E-state index in [0.717, 1.165) is 18.2 Å². The van der Waals surface area contributed by atoms with Crippen molar-refractivity contribution in [1.82, 2.24) is 4.90 Å². The largest absolute Gasteiger partial charge is 0.487 e. The predicted molar refractivity (Wildman–Crippen MR) is 81.2 cm³/mol. The van der Waals surface area contributed by atoms with Gasteiger partial charge in [0.1, 0.15) is 23.5 Å². The molecule has 0 spiro atoms. The van der Waals surface area contributed by atoms with Gasteiger partial charge in [0.2, 0.25) is 0 Å². The van der Waals surface area contributed by atoms with E-state index in [1.54, 1.807) is 20.8 Å². The zero-order valence-corrected chi connectivity index (χ0v) is 14.3. The maximum atomic E-state index is 14.1. The number of hydrogen-bond acceptors (Lipinski definition) is 4. The second kappa shape index (κ2) is 5.85. The molecule has 9 heteroatoms. The Morgan fingerprint density at radius 2 is 1.92 bits per heavy atom. The Kier molecular flexibility index (Phi) is 4.16.